The Morgan fingerprint density at radius 3 is 2.34 bits per heavy atom. The van der Waals surface area contributed by atoms with Gasteiger partial charge in [0.2, 0.25) is 21.8 Å². The summed E-state index contributed by atoms with van der Waals surface area (Å²) in [6.07, 6.45) is 0.744. The van der Waals surface area contributed by atoms with Crippen LogP contribution in [-0.4, -0.2) is 75.6 Å². The van der Waals surface area contributed by atoms with E-state index in [0.717, 1.165) is 22.7 Å². The Balaban J connectivity index is 1.61. The summed E-state index contributed by atoms with van der Waals surface area (Å²) in [6.45, 7) is -0.302. The Morgan fingerprint density at radius 2 is 1.71 bits per heavy atom. The number of carbonyl (C=O) groups excluding carboxylic acids is 3. The van der Waals surface area contributed by atoms with Crippen molar-refractivity contribution in [2.45, 2.75) is 48.4 Å². The van der Waals surface area contributed by atoms with Crippen molar-refractivity contribution >= 4 is 83.1 Å². The predicted molar refractivity (Wildman–Crippen MR) is 151 cm³/mol. The molecular formula is C24H22Cl3IN4O5S. The maximum Gasteiger partial charge on any atom is 0.281 e. The van der Waals surface area contributed by atoms with Crippen LogP contribution < -0.4 is 5.32 Å². The zero-order chi connectivity index (χ0) is 27.4. The topological polar surface area (TPSA) is 107 Å². The summed E-state index contributed by atoms with van der Waals surface area (Å²) in [6, 6.07) is 8.81. The summed E-state index contributed by atoms with van der Waals surface area (Å²) in [5.74, 6) is -0.787. The number of benzene rings is 2. The van der Waals surface area contributed by atoms with Crippen LogP contribution in [0.25, 0.3) is 0 Å². The zero-order valence-electron chi connectivity index (χ0n) is 19.7. The molecule has 1 aliphatic carbocycles. The first-order chi connectivity index (χ1) is 18.0. The third-order valence-corrected chi connectivity index (χ3v) is 10.0. The minimum absolute atomic E-state index is 0.0105. The smallest absolute Gasteiger partial charge is 0.281 e. The SMILES string of the molecule is O=C(I)NC1CN(S(=O)(=O)c2ccc(Cl)cc2Cl)C2CN(C3CC3)C(=O)C(Cc3cccc(Cl)c3)N2C1=O. The molecule has 1 saturated carbocycles. The van der Waals surface area contributed by atoms with E-state index in [0.29, 0.717) is 5.02 Å². The van der Waals surface area contributed by atoms with Crippen LogP contribution in [0.15, 0.2) is 47.4 Å². The van der Waals surface area contributed by atoms with E-state index in [1.54, 1.807) is 29.2 Å². The molecule has 5 rings (SSSR count). The van der Waals surface area contributed by atoms with E-state index in [4.69, 9.17) is 34.8 Å². The third-order valence-electron chi connectivity index (χ3n) is 6.91. The number of halogens is 4. The van der Waals surface area contributed by atoms with Crippen molar-refractivity contribution in [3.8, 4) is 0 Å². The molecule has 0 radical (unpaired) electrons. The van der Waals surface area contributed by atoms with Crippen LogP contribution in [0.3, 0.4) is 0 Å². The second kappa shape index (κ2) is 10.7. The number of rotatable bonds is 6. The monoisotopic (exact) mass is 710 g/mol. The van der Waals surface area contributed by atoms with Crippen molar-refractivity contribution < 1.29 is 22.8 Å². The van der Waals surface area contributed by atoms with E-state index in [9.17, 15) is 22.8 Å². The summed E-state index contributed by atoms with van der Waals surface area (Å²) >= 11 is 20.0. The molecule has 2 heterocycles. The van der Waals surface area contributed by atoms with Crippen LogP contribution in [0, 0.1) is 0 Å². The van der Waals surface area contributed by atoms with Gasteiger partial charge in [-0.05, 0) is 48.7 Å². The third kappa shape index (κ3) is 5.37. The molecule has 1 N–H and O–H groups in total. The van der Waals surface area contributed by atoms with E-state index in [-0.39, 0.29) is 46.4 Å². The van der Waals surface area contributed by atoms with Crippen LogP contribution in [0.2, 0.25) is 15.1 Å². The number of piperazine rings is 1. The van der Waals surface area contributed by atoms with E-state index >= 15 is 0 Å². The van der Waals surface area contributed by atoms with Crippen LogP contribution in [0.5, 0.6) is 0 Å². The van der Waals surface area contributed by atoms with Crippen molar-refractivity contribution in [1.82, 2.24) is 19.4 Å². The summed E-state index contributed by atoms with van der Waals surface area (Å²) < 4.78 is 28.7. The number of fused-ring (bicyclic) bond motifs is 1. The Morgan fingerprint density at radius 1 is 1.00 bits per heavy atom. The van der Waals surface area contributed by atoms with E-state index in [2.05, 4.69) is 5.32 Å². The van der Waals surface area contributed by atoms with Crippen molar-refractivity contribution in [1.29, 1.82) is 0 Å². The summed E-state index contributed by atoms with van der Waals surface area (Å²) in [4.78, 5) is 42.3. The van der Waals surface area contributed by atoms with E-state index in [1.165, 1.54) is 45.7 Å². The molecule has 3 fully saturated rings. The van der Waals surface area contributed by atoms with Gasteiger partial charge in [0.05, 0.1) is 11.6 Å². The maximum absolute atomic E-state index is 14.0. The molecule has 3 aliphatic rings. The first-order valence-electron chi connectivity index (χ1n) is 11.8. The first kappa shape index (κ1) is 27.9. The molecule has 38 heavy (non-hydrogen) atoms. The Kier molecular flexibility index (Phi) is 7.88. The second-order valence-corrected chi connectivity index (χ2v) is 13.5. The molecule has 3 unspecified atom stereocenters. The second-order valence-electron chi connectivity index (χ2n) is 9.42. The van der Waals surface area contributed by atoms with Crippen LogP contribution in [0.1, 0.15) is 18.4 Å². The minimum atomic E-state index is -4.29. The highest BCUT2D eigenvalue weighted by Gasteiger charge is 2.55. The maximum atomic E-state index is 14.0. The highest BCUT2D eigenvalue weighted by Crippen LogP contribution is 2.38. The van der Waals surface area contributed by atoms with Crippen LogP contribution in [-0.2, 0) is 26.0 Å². The number of carbonyl (C=O) groups is 3. The fraction of sp³-hybridized carbons (Fsp3) is 0.375. The molecule has 9 nitrogen and oxygen atoms in total. The standard InChI is InChI=1S/C24H22Cl3IN4O5S/c25-14-3-1-2-13(8-14)9-19-23(34)30(16-5-6-16)12-21-31(11-18(29-24(28)35)22(33)32(19)21)38(36,37)20-7-4-15(26)10-17(20)27/h1-4,7-8,10,16,18-19,21H,5-6,9,11-12H2,(H,29,35). The fourth-order valence-corrected chi connectivity index (χ4v) is 7.99. The Bertz CT molecular complexity index is 1420. The normalized spacial score (nSPS) is 24.4. The van der Waals surface area contributed by atoms with Gasteiger partial charge in [0.15, 0.2) is 0 Å². The van der Waals surface area contributed by atoms with Crippen molar-refractivity contribution in [3.05, 3.63) is 63.1 Å². The van der Waals surface area contributed by atoms with Gasteiger partial charge in [0.1, 0.15) is 23.1 Å². The average Bonchev–Trinajstić information content (AvgIpc) is 3.67. The highest BCUT2D eigenvalue weighted by molar-refractivity contribution is 14.1. The lowest BCUT2D eigenvalue weighted by Crippen LogP contribution is -2.76. The largest absolute Gasteiger partial charge is 0.334 e. The predicted octanol–water partition coefficient (Wildman–Crippen LogP) is 3.93. The van der Waals surface area contributed by atoms with Crippen LogP contribution in [0.4, 0.5) is 4.79 Å². The van der Waals surface area contributed by atoms with E-state index < -0.39 is 38.1 Å². The fourth-order valence-electron chi connectivity index (χ4n) is 5.06. The van der Waals surface area contributed by atoms with Gasteiger partial charge in [-0.15, -0.1) is 0 Å². The van der Waals surface area contributed by atoms with Gasteiger partial charge in [-0.2, -0.15) is 4.31 Å². The summed E-state index contributed by atoms with van der Waals surface area (Å²) in [5.41, 5.74) is 0.718. The lowest BCUT2D eigenvalue weighted by atomic mass is 9.97. The van der Waals surface area contributed by atoms with E-state index in [1.807, 2.05) is 0 Å². The molecule has 2 aromatic carbocycles. The number of hydrogen-bond donors (Lipinski definition) is 1. The zero-order valence-corrected chi connectivity index (χ0v) is 24.9. The van der Waals surface area contributed by atoms with Gasteiger partial charge in [-0.25, -0.2) is 8.42 Å². The number of nitrogens with zero attached hydrogens (tertiary/aromatic N) is 3. The number of nitrogens with one attached hydrogen (secondary N) is 1. The van der Waals surface area contributed by atoms with Gasteiger partial charge in [-0.3, -0.25) is 14.4 Å². The number of sulfonamides is 1. The Labute approximate surface area is 248 Å². The van der Waals surface area contributed by atoms with Gasteiger partial charge in [0.25, 0.3) is 3.91 Å². The van der Waals surface area contributed by atoms with Gasteiger partial charge < -0.3 is 15.1 Å². The van der Waals surface area contributed by atoms with Crippen molar-refractivity contribution in [2.75, 3.05) is 13.1 Å². The number of amides is 3. The summed E-state index contributed by atoms with van der Waals surface area (Å²) in [5, 5.41) is 3.22. The quantitative estimate of drug-likeness (QED) is 0.278. The lowest BCUT2D eigenvalue weighted by Gasteiger charge is -2.53. The molecule has 2 aliphatic heterocycles. The molecule has 202 valence electrons. The minimum Gasteiger partial charge on any atom is -0.334 e. The Hall–Kier alpha value is -1.64. The molecule has 14 heteroatoms. The molecule has 0 bridgehead atoms. The molecule has 2 saturated heterocycles. The average molecular weight is 712 g/mol. The molecule has 3 atom stereocenters. The molecule has 2 aromatic rings. The summed E-state index contributed by atoms with van der Waals surface area (Å²) in [7, 11) is -4.29. The highest BCUT2D eigenvalue weighted by atomic mass is 127. The van der Waals surface area contributed by atoms with Gasteiger partial charge in [0, 0.05) is 51.6 Å². The van der Waals surface area contributed by atoms with Crippen molar-refractivity contribution in [2.24, 2.45) is 0 Å². The number of hydrogen-bond acceptors (Lipinski definition) is 5. The molecule has 0 spiro atoms. The molecular weight excluding hydrogens is 690 g/mol. The lowest BCUT2D eigenvalue weighted by molar-refractivity contribution is -0.167. The first-order valence-corrected chi connectivity index (χ1v) is 15.4. The van der Waals surface area contributed by atoms with Gasteiger partial charge >= 0.3 is 0 Å². The molecule has 0 aromatic heterocycles. The van der Waals surface area contributed by atoms with Gasteiger partial charge in [-0.1, -0.05) is 46.9 Å². The van der Waals surface area contributed by atoms with Crippen molar-refractivity contribution in [3.63, 3.8) is 0 Å². The molecule has 3 amide bonds. The van der Waals surface area contributed by atoms with Crippen LogP contribution >= 0.6 is 57.4 Å².